The lowest BCUT2D eigenvalue weighted by Gasteiger charge is -2.07. The minimum atomic E-state index is 0.0185. The third kappa shape index (κ3) is 4.29. The summed E-state index contributed by atoms with van der Waals surface area (Å²) in [7, 11) is 3.16. The molecule has 0 unspecified atom stereocenters. The Morgan fingerprint density at radius 2 is 2.08 bits per heavy atom. The van der Waals surface area contributed by atoms with Crippen LogP contribution in [0.2, 0.25) is 0 Å². The molecule has 1 aliphatic rings. The number of benzene rings is 1. The summed E-state index contributed by atoms with van der Waals surface area (Å²) in [5.41, 5.74) is 0.764. The predicted octanol–water partition coefficient (Wildman–Crippen LogP) is 2.46. The molecule has 1 amide bonds. The summed E-state index contributed by atoms with van der Waals surface area (Å²) in [6, 6.07) is 5.41. The molecule has 2 atom stereocenters. The van der Waals surface area contributed by atoms with Crippen LogP contribution in [0, 0.1) is 11.8 Å². The van der Waals surface area contributed by atoms with Crippen LogP contribution < -0.4 is 14.8 Å². The molecule has 7 heteroatoms. The maximum atomic E-state index is 11.9. The number of hydrogen-bond donors (Lipinski definition) is 1. The zero-order valence-corrected chi connectivity index (χ0v) is 14.7. The highest BCUT2D eigenvalue weighted by Gasteiger charge is 2.32. The summed E-state index contributed by atoms with van der Waals surface area (Å²) in [5.74, 6) is 3.54. The summed E-state index contributed by atoms with van der Waals surface area (Å²) < 4.78 is 15.7. The van der Waals surface area contributed by atoms with Crippen LogP contribution in [0.15, 0.2) is 22.7 Å². The summed E-state index contributed by atoms with van der Waals surface area (Å²) in [5, 5.41) is 6.93. The molecule has 0 bridgehead atoms. The molecule has 7 nitrogen and oxygen atoms in total. The van der Waals surface area contributed by atoms with Gasteiger partial charge in [0.05, 0.1) is 14.2 Å². The number of amides is 1. The van der Waals surface area contributed by atoms with Crippen molar-refractivity contribution >= 4 is 5.91 Å². The van der Waals surface area contributed by atoms with E-state index in [1.165, 1.54) is 6.42 Å². The first-order chi connectivity index (χ1) is 12.1. The van der Waals surface area contributed by atoms with Gasteiger partial charge in [0.2, 0.25) is 17.6 Å². The fraction of sp³-hybridized carbons (Fsp3) is 0.500. The first-order valence-corrected chi connectivity index (χ1v) is 8.42. The second-order valence-corrected chi connectivity index (χ2v) is 6.36. The minimum Gasteiger partial charge on any atom is -0.493 e. The number of rotatable bonds is 8. The summed E-state index contributed by atoms with van der Waals surface area (Å²) in [6.07, 6.45) is 1.97. The van der Waals surface area contributed by atoms with Crippen LogP contribution in [-0.4, -0.2) is 36.8 Å². The van der Waals surface area contributed by atoms with Gasteiger partial charge in [-0.2, -0.15) is 4.98 Å². The SMILES string of the molecule is COc1ccc(-c2noc(CCC(=O)NC[C@H]3C[C@H]3C)n2)cc1OC. The van der Waals surface area contributed by atoms with Gasteiger partial charge in [-0.15, -0.1) is 0 Å². The van der Waals surface area contributed by atoms with Gasteiger partial charge < -0.3 is 19.3 Å². The van der Waals surface area contributed by atoms with Crippen LogP contribution in [0.25, 0.3) is 11.4 Å². The number of aromatic nitrogens is 2. The number of nitrogens with one attached hydrogen (secondary N) is 1. The van der Waals surface area contributed by atoms with Gasteiger partial charge in [0.1, 0.15) is 0 Å². The zero-order chi connectivity index (χ0) is 17.8. The quantitative estimate of drug-likeness (QED) is 0.791. The zero-order valence-electron chi connectivity index (χ0n) is 14.7. The van der Waals surface area contributed by atoms with Crippen molar-refractivity contribution < 1.29 is 18.8 Å². The van der Waals surface area contributed by atoms with Crippen LogP contribution in [0.5, 0.6) is 11.5 Å². The number of aryl methyl sites for hydroxylation is 1. The number of ether oxygens (including phenoxy) is 2. The van der Waals surface area contributed by atoms with Gasteiger partial charge in [-0.05, 0) is 36.5 Å². The van der Waals surface area contributed by atoms with Crippen molar-refractivity contribution in [3.05, 3.63) is 24.1 Å². The number of nitrogens with zero attached hydrogens (tertiary/aromatic N) is 2. The maximum Gasteiger partial charge on any atom is 0.227 e. The van der Waals surface area contributed by atoms with Crippen LogP contribution in [-0.2, 0) is 11.2 Å². The molecule has 1 heterocycles. The molecule has 1 fully saturated rings. The van der Waals surface area contributed by atoms with Gasteiger partial charge in [0.25, 0.3) is 0 Å². The average Bonchev–Trinajstić information content (AvgIpc) is 3.14. The Balaban J connectivity index is 1.56. The lowest BCUT2D eigenvalue weighted by Crippen LogP contribution is -2.26. The van der Waals surface area contributed by atoms with E-state index in [0.29, 0.717) is 42.0 Å². The van der Waals surface area contributed by atoms with Gasteiger partial charge >= 0.3 is 0 Å². The first kappa shape index (κ1) is 17.3. The Kier molecular flexibility index (Phi) is 5.21. The number of hydrogen-bond acceptors (Lipinski definition) is 6. The second-order valence-electron chi connectivity index (χ2n) is 6.36. The van der Waals surface area contributed by atoms with Crippen molar-refractivity contribution in [2.24, 2.45) is 11.8 Å². The smallest absolute Gasteiger partial charge is 0.227 e. The molecule has 25 heavy (non-hydrogen) atoms. The maximum absolute atomic E-state index is 11.9. The van der Waals surface area contributed by atoms with E-state index in [9.17, 15) is 4.79 Å². The van der Waals surface area contributed by atoms with E-state index >= 15 is 0 Å². The molecule has 0 spiro atoms. The standard InChI is InChI=1S/C18H23N3O4/c1-11-8-13(11)10-19-16(22)6-7-17-20-18(21-25-17)12-4-5-14(23-2)15(9-12)24-3/h4-5,9,11,13H,6-8,10H2,1-3H3,(H,19,22)/t11-,13-/m1/s1. The highest BCUT2D eigenvalue weighted by atomic mass is 16.5. The lowest BCUT2D eigenvalue weighted by atomic mass is 10.2. The number of carbonyl (C=O) groups excluding carboxylic acids is 1. The minimum absolute atomic E-state index is 0.0185. The molecular formula is C18H23N3O4. The van der Waals surface area contributed by atoms with Crippen molar-refractivity contribution in [3.63, 3.8) is 0 Å². The molecular weight excluding hydrogens is 322 g/mol. The summed E-state index contributed by atoms with van der Waals surface area (Å²) >= 11 is 0. The normalized spacial score (nSPS) is 18.7. The Bertz CT molecular complexity index is 744. The van der Waals surface area contributed by atoms with Crippen molar-refractivity contribution in [1.29, 1.82) is 0 Å². The van der Waals surface area contributed by atoms with Crippen molar-refractivity contribution in [2.45, 2.75) is 26.2 Å². The van der Waals surface area contributed by atoms with E-state index in [-0.39, 0.29) is 5.91 Å². The molecule has 1 aromatic carbocycles. The lowest BCUT2D eigenvalue weighted by molar-refractivity contribution is -0.121. The Morgan fingerprint density at radius 1 is 1.32 bits per heavy atom. The highest BCUT2D eigenvalue weighted by Crippen LogP contribution is 2.36. The Hall–Kier alpha value is -2.57. The van der Waals surface area contributed by atoms with Gasteiger partial charge in [-0.3, -0.25) is 4.79 Å². The van der Waals surface area contributed by atoms with E-state index in [0.717, 1.165) is 18.0 Å². The van der Waals surface area contributed by atoms with Crippen LogP contribution in [0.4, 0.5) is 0 Å². The number of methoxy groups -OCH3 is 2. The van der Waals surface area contributed by atoms with Crippen LogP contribution in [0.3, 0.4) is 0 Å². The topological polar surface area (TPSA) is 86.5 Å². The van der Waals surface area contributed by atoms with E-state index in [4.69, 9.17) is 14.0 Å². The third-order valence-corrected chi connectivity index (χ3v) is 4.51. The highest BCUT2D eigenvalue weighted by molar-refractivity contribution is 5.76. The van der Waals surface area contributed by atoms with E-state index < -0.39 is 0 Å². The van der Waals surface area contributed by atoms with Crippen LogP contribution in [0.1, 0.15) is 25.7 Å². The van der Waals surface area contributed by atoms with Gasteiger partial charge in [-0.25, -0.2) is 0 Å². The third-order valence-electron chi connectivity index (χ3n) is 4.51. The average molecular weight is 345 g/mol. The van der Waals surface area contributed by atoms with Crippen LogP contribution >= 0.6 is 0 Å². The summed E-state index contributed by atoms with van der Waals surface area (Å²) in [6.45, 7) is 2.96. The van der Waals surface area contributed by atoms with Crippen molar-refractivity contribution in [3.8, 4) is 22.9 Å². The van der Waals surface area contributed by atoms with Gasteiger partial charge in [0, 0.05) is 24.9 Å². The van der Waals surface area contributed by atoms with Gasteiger partial charge in [-0.1, -0.05) is 12.1 Å². The molecule has 1 aliphatic carbocycles. The van der Waals surface area contributed by atoms with Gasteiger partial charge in [0.15, 0.2) is 11.5 Å². The second kappa shape index (κ2) is 7.55. The fourth-order valence-electron chi connectivity index (χ4n) is 2.69. The molecule has 2 aromatic rings. The van der Waals surface area contributed by atoms with Crippen molar-refractivity contribution in [1.82, 2.24) is 15.5 Å². The molecule has 1 aromatic heterocycles. The molecule has 0 aliphatic heterocycles. The summed E-state index contributed by atoms with van der Waals surface area (Å²) in [4.78, 5) is 16.2. The largest absolute Gasteiger partial charge is 0.493 e. The molecule has 1 N–H and O–H groups in total. The van der Waals surface area contributed by atoms with E-state index in [1.54, 1.807) is 26.4 Å². The molecule has 134 valence electrons. The number of carbonyl (C=O) groups is 1. The van der Waals surface area contributed by atoms with Crippen molar-refractivity contribution in [2.75, 3.05) is 20.8 Å². The Labute approximate surface area is 146 Å². The molecule has 1 saturated carbocycles. The van der Waals surface area contributed by atoms with E-state index in [2.05, 4.69) is 22.4 Å². The Morgan fingerprint density at radius 3 is 2.76 bits per heavy atom. The molecule has 3 rings (SSSR count). The predicted molar refractivity (Wildman–Crippen MR) is 91.4 cm³/mol. The monoisotopic (exact) mass is 345 g/mol. The van der Waals surface area contributed by atoms with E-state index in [1.807, 2.05) is 6.07 Å². The molecule has 0 saturated heterocycles. The molecule has 0 radical (unpaired) electrons. The fourth-order valence-corrected chi connectivity index (χ4v) is 2.69. The first-order valence-electron chi connectivity index (χ1n) is 8.42.